The van der Waals surface area contributed by atoms with Crippen LogP contribution in [0.25, 0.3) is 0 Å². The van der Waals surface area contributed by atoms with Crippen LogP contribution >= 0.6 is 0 Å². The van der Waals surface area contributed by atoms with Gasteiger partial charge in [0.1, 0.15) is 0 Å². The Bertz CT molecular complexity index is 286. The Balaban J connectivity index is 5.20. The van der Waals surface area contributed by atoms with E-state index in [4.69, 9.17) is 5.73 Å². The number of hydrogen-bond donors (Lipinski definition) is 1. The van der Waals surface area contributed by atoms with Gasteiger partial charge >= 0.3 is 0 Å². The van der Waals surface area contributed by atoms with E-state index < -0.39 is 0 Å². The predicted octanol–water partition coefficient (Wildman–Crippen LogP) is 3.09. The van der Waals surface area contributed by atoms with E-state index in [1.807, 2.05) is 19.9 Å². The van der Waals surface area contributed by atoms with Gasteiger partial charge in [0.15, 0.2) is 0 Å². The molecule has 1 nitrogen and oxygen atoms in total. The molecule has 70 valence electrons. The number of hydrogen-bond acceptors (Lipinski definition) is 1. The number of rotatable bonds is 4. The average molecular weight is 175 g/mol. The highest BCUT2D eigenvalue weighted by Crippen LogP contribution is 2.16. The zero-order chi connectivity index (χ0) is 10.4. The molecule has 0 aromatic heterocycles. The standard InChI is InChI=1S/C12H17N/c1-6-11(8-9(3)4)12(7-2)10(5)13/h6-8H,1-3,13H2,4-5H3/b11-8-,12-10+. The molecule has 0 rings (SSSR count). The lowest BCUT2D eigenvalue weighted by Crippen LogP contribution is -1.98. The van der Waals surface area contributed by atoms with Crippen LogP contribution in [0.4, 0.5) is 0 Å². The van der Waals surface area contributed by atoms with E-state index in [1.54, 1.807) is 12.2 Å². The fourth-order valence-electron chi connectivity index (χ4n) is 1.02. The number of allylic oxidation sites excluding steroid dienone is 7. The molecule has 0 unspecified atom stereocenters. The summed E-state index contributed by atoms with van der Waals surface area (Å²) in [6.45, 7) is 15.0. The van der Waals surface area contributed by atoms with E-state index in [0.29, 0.717) is 0 Å². The van der Waals surface area contributed by atoms with Gasteiger partial charge in [-0.25, -0.2) is 0 Å². The summed E-state index contributed by atoms with van der Waals surface area (Å²) < 4.78 is 0. The predicted molar refractivity (Wildman–Crippen MR) is 60.2 cm³/mol. The first-order valence-electron chi connectivity index (χ1n) is 4.11. The Kier molecular flexibility index (Phi) is 4.60. The van der Waals surface area contributed by atoms with Crippen LogP contribution in [0.5, 0.6) is 0 Å². The van der Waals surface area contributed by atoms with Crippen molar-refractivity contribution >= 4 is 0 Å². The smallest absolute Gasteiger partial charge is 0.0128 e. The first kappa shape index (κ1) is 11.5. The third kappa shape index (κ3) is 3.61. The van der Waals surface area contributed by atoms with Gasteiger partial charge in [0.2, 0.25) is 0 Å². The van der Waals surface area contributed by atoms with Crippen molar-refractivity contribution in [3.8, 4) is 0 Å². The zero-order valence-electron chi connectivity index (χ0n) is 8.43. The highest BCUT2D eigenvalue weighted by molar-refractivity contribution is 5.49. The maximum absolute atomic E-state index is 5.69. The largest absolute Gasteiger partial charge is 0.402 e. The molecule has 13 heavy (non-hydrogen) atoms. The van der Waals surface area contributed by atoms with Crippen molar-refractivity contribution in [2.24, 2.45) is 5.73 Å². The van der Waals surface area contributed by atoms with Crippen molar-refractivity contribution in [1.29, 1.82) is 0 Å². The van der Waals surface area contributed by atoms with Gasteiger partial charge in [0, 0.05) is 5.70 Å². The highest BCUT2D eigenvalue weighted by atomic mass is 14.6. The molecule has 0 aliphatic carbocycles. The minimum Gasteiger partial charge on any atom is -0.402 e. The Morgan fingerprint density at radius 1 is 1.15 bits per heavy atom. The fraction of sp³-hybridized carbons (Fsp3) is 0.167. The molecule has 1 heteroatoms. The second-order valence-electron chi connectivity index (χ2n) is 2.95. The van der Waals surface area contributed by atoms with Crippen LogP contribution < -0.4 is 5.73 Å². The fourth-order valence-corrected chi connectivity index (χ4v) is 1.02. The maximum Gasteiger partial charge on any atom is 0.0128 e. The summed E-state index contributed by atoms with van der Waals surface area (Å²) in [6.07, 6.45) is 5.41. The van der Waals surface area contributed by atoms with E-state index in [-0.39, 0.29) is 0 Å². The molecule has 0 radical (unpaired) electrons. The Morgan fingerprint density at radius 3 is 1.92 bits per heavy atom. The summed E-state index contributed by atoms with van der Waals surface area (Å²) in [5.74, 6) is 0. The van der Waals surface area contributed by atoms with Gasteiger partial charge in [-0.05, 0) is 25.0 Å². The topological polar surface area (TPSA) is 26.0 Å². The Morgan fingerprint density at radius 2 is 1.69 bits per heavy atom. The van der Waals surface area contributed by atoms with Crippen molar-refractivity contribution in [3.05, 3.63) is 60.4 Å². The van der Waals surface area contributed by atoms with Gasteiger partial charge < -0.3 is 5.73 Å². The van der Waals surface area contributed by atoms with E-state index in [2.05, 4.69) is 19.7 Å². The van der Waals surface area contributed by atoms with Gasteiger partial charge in [0.25, 0.3) is 0 Å². The molecule has 0 amide bonds. The van der Waals surface area contributed by atoms with Crippen LogP contribution in [0.3, 0.4) is 0 Å². The molecular weight excluding hydrogens is 158 g/mol. The molecule has 0 saturated carbocycles. The minimum atomic E-state index is 0.738. The lowest BCUT2D eigenvalue weighted by atomic mass is 10.0. The quantitative estimate of drug-likeness (QED) is 0.653. The first-order valence-corrected chi connectivity index (χ1v) is 4.11. The van der Waals surface area contributed by atoms with E-state index in [1.165, 1.54) is 0 Å². The summed E-state index contributed by atoms with van der Waals surface area (Å²) in [7, 11) is 0. The van der Waals surface area contributed by atoms with Gasteiger partial charge in [-0.1, -0.05) is 43.5 Å². The van der Waals surface area contributed by atoms with Crippen molar-refractivity contribution in [3.63, 3.8) is 0 Å². The molecule has 0 atom stereocenters. The zero-order valence-corrected chi connectivity index (χ0v) is 8.43. The van der Waals surface area contributed by atoms with Gasteiger partial charge in [-0.3, -0.25) is 0 Å². The lowest BCUT2D eigenvalue weighted by molar-refractivity contribution is 1.25. The third-order valence-electron chi connectivity index (χ3n) is 1.56. The third-order valence-corrected chi connectivity index (χ3v) is 1.56. The van der Waals surface area contributed by atoms with Gasteiger partial charge in [0.05, 0.1) is 0 Å². The Hall–Kier alpha value is -1.50. The van der Waals surface area contributed by atoms with Crippen molar-refractivity contribution in [1.82, 2.24) is 0 Å². The minimum absolute atomic E-state index is 0.738. The first-order chi connectivity index (χ1) is 6.02. The lowest BCUT2D eigenvalue weighted by Gasteiger charge is -2.05. The van der Waals surface area contributed by atoms with Crippen LogP contribution in [0, 0.1) is 0 Å². The SMILES string of the molecule is C=CC(=C/C(=C)C)/C(C=C)=C(\C)N. The van der Waals surface area contributed by atoms with Crippen molar-refractivity contribution in [2.75, 3.05) is 0 Å². The van der Waals surface area contributed by atoms with E-state index in [9.17, 15) is 0 Å². The second-order valence-corrected chi connectivity index (χ2v) is 2.95. The van der Waals surface area contributed by atoms with E-state index in [0.717, 1.165) is 22.4 Å². The molecule has 0 aromatic rings. The summed E-state index contributed by atoms with van der Waals surface area (Å²) in [5, 5.41) is 0. The van der Waals surface area contributed by atoms with Crippen LogP contribution in [0.15, 0.2) is 60.4 Å². The Labute approximate surface area is 80.6 Å². The van der Waals surface area contributed by atoms with Crippen LogP contribution in [-0.4, -0.2) is 0 Å². The van der Waals surface area contributed by atoms with Gasteiger partial charge in [-0.15, -0.1) is 0 Å². The average Bonchev–Trinajstić information content (AvgIpc) is 2.02. The molecule has 0 bridgehead atoms. The molecule has 0 heterocycles. The summed E-state index contributed by atoms with van der Waals surface area (Å²) in [5.41, 5.74) is 9.27. The molecule has 0 aliphatic heterocycles. The van der Waals surface area contributed by atoms with Crippen molar-refractivity contribution in [2.45, 2.75) is 13.8 Å². The normalized spacial score (nSPS) is 13.2. The van der Waals surface area contributed by atoms with Gasteiger partial charge in [-0.2, -0.15) is 0 Å². The summed E-state index contributed by atoms with van der Waals surface area (Å²) in [4.78, 5) is 0. The molecule has 2 N–H and O–H groups in total. The maximum atomic E-state index is 5.69. The molecule has 0 spiro atoms. The van der Waals surface area contributed by atoms with E-state index >= 15 is 0 Å². The second kappa shape index (κ2) is 5.20. The van der Waals surface area contributed by atoms with Crippen LogP contribution in [-0.2, 0) is 0 Å². The van der Waals surface area contributed by atoms with Crippen LogP contribution in [0.2, 0.25) is 0 Å². The summed E-state index contributed by atoms with van der Waals surface area (Å²) in [6, 6.07) is 0. The molecule has 0 saturated heterocycles. The molecular formula is C12H17N. The van der Waals surface area contributed by atoms with Crippen LogP contribution in [0.1, 0.15) is 13.8 Å². The molecule has 0 fully saturated rings. The van der Waals surface area contributed by atoms with Crippen molar-refractivity contribution < 1.29 is 0 Å². The monoisotopic (exact) mass is 175 g/mol. The molecule has 0 aliphatic rings. The molecule has 0 aromatic carbocycles. The number of nitrogens with two attached hydrogens (primary N) is 1. The summed E-state index contributed by atoms with van der Waals surface area (Å²) >= 11 is 0. The highest BCUT2D eigenvalue weighted by Gasteiger charge is 1.99.